The number of hydrogen-bond acceptors (Lipinski definition) is 2. The van der Waals surface area contributed by atoms with Gasteiger partial charge in [-0.05, 0) is 32.1 Å². The Morgan fingerprint density at radius 2 is 1.80 bits per heavy atom. The zero-order chi connectivity index (χ0) is 14.6. The van der Waals surface area contributed by atoms with E-state index in [1.807, 2.05) is 0 Å². The highest BCUT2D eigenvalue weighted by molar-refractivity contribution is 5.79. The van der Waals surface area contributed by atoms with Gasteiger partial charge in [-0.1, -0.05) is 38.5 Å². The maximum absolute atomic E-state index is 12.1. The second kappa shape index (κ2) is 6.59. The fraction of sp³-hybridized carbons (Fsp3) is 0.875. The molecule has 114 valence electrons. The number of carbonyl (C=O) groups excluding carboxylic acids is 1. The molecule has 2 unspecified atom stereocenters. The fourth-order valence-electron chi connectivity index (χ4n) is 3.72. The van der Waals surface area contributed by atoms with Gasteiger partial charge in [0.1, 0.15) is 0 Å². The maximum atomic E-state index is 12.1. The van der Waals surface area contributed by atoms with Gasteiger partial charge in [0.2, 0.25) is 5.91 Å². The van der Waals surface area contributed by atoms with Gasteiger partial charge in [-0.3, -0.25) is 9.59 Å². The molecule has 0 aromatic carbocycles. The molecule has 2 N–H and O–H groups in total. The van der Waals surface area contributed by atoms with E-state index >= 15 is 0 Å². The molecule has 1 amide bonds. The summed E-state index contributed by atoms with van der Waals surface area (Å²) in [6, 6.07) is -0.204. The molecule has 0 aromatic rings. The minimum Gasteiger partial charge on any atom is -0.481 e. The number of carboxylic acids is 1. The molecular formula is C16H27NO3. The van der Waals surface area contributed by atoms with E-state index in [0.29, 0.717) is 18.8 Å². The van der Waals surface area contributed by atoms with Crippen LogP contribution in [-0.4, -0.2) is 23.0 Å². The number of rotatable bonds is 5. The molecule has 0 radical (unpaired) electrons. The van der Waals surface area contributed by atoms with Crippen molar-refractivity contribution in [3.63, 3.8) is 0 Å². The summed E-state index contributed by atoms with van der Waals surface area (Å²) in [4.78, 5) is 23.6. The van der Waals surface area contributed by atoms with E-state index in [-0.39, 0.29) is 11.9 Å². The quantitative estimate of drug-likeness (QED) is 0.813. The number of nitrogens with one attached hydrogen (secondary N) is 1. The predicted molar refractivity (Wildman–Crippen MR) is 77.3 cm³/mol. The summed E-state index contributed by atoms with van der Waals surface area (Å²) >= 11 is 0. The SMILES string of the molecule is CC1(C(=O)O)CCCCC1NC(=O)CCC1CCCC1. The summed E-state index contributed by atoms with van der Waals surface area (Å²) in [7, 11) is 0. The van der Waals surface area contributed by atoms with Crippen LogP contribution in [0.4, 0.5) is 0 Å². The molecule has 2 aliphatic rings. The van der Waals surface area contributed by atoms with Gasteiger partial charge in [-0.15, -0.1) is 0 Å². The Morgan fingerprint density at radius 3 is 2.45 bits per heavy atom. The standard InChI is InChI=1S/C16H27NO3/c1-16(15(19)20)11-5-4-8-13(16)17-14(18)10-9-12-6-2-3-7-12/h12-13H,2-11H2,1H3,(H,17,18)(H,19,20). The van der Waals surface area contributed by atoms with E-state index in [9.17, 15) is 14.7 Å². The highest BCUT2D eigenvalue weighted by Crippen LogP contribution is 2.36. The molecule has 20 heavy (non-hydrogen) atoms. The first-order valence-corrected chi connectivity index (χ1v) is 8.05. The first kappa shape index (κ1) is 15.3. The van der Waals surface area contributed by atoms with Gasteiger partial charge < -0.3 is 10.4 Å². The maximum Gasteiger partial charge on any atom is 0.311 e. The Morgan fingerprint density at radius 1 is 1.15 bits per heavy atom. The molecule has 2 rings (SSSR count). The van der Waals surface area contributed by atoms with Crippen LogP contribution in [0.15, 0.2) is 0 Å². The number of hydrogen-bond donors (Lipinski definition) is 2. The molecule has 0 aromatic heterocycles. The van der Waals surface area contributed by atoms with E-state index < -0.39 is 11.4 Å². The van der Waals surface area contributed by atoms with Crippen LogP contribution >= 0.6 is 0 Å². The smallest absolute Gasteiger partial charge is 0.311 e. The van der Waals surface area contributed by atoms with E-state index in [2.05, 4.69) is 5.32 Å². The van der Waals surface area contributed by atoms with Crippen molar-refractivity contribution < 1.29 is 14.7 Å². The molecule has 2 saturated carbocycles. The van der Waals surface area contributed by atoms with Crippen molar-refractivity contribution >= 4 is 11.9 Å². The van der Waals surface area contributed by atoms with Crippen LogP contribution in [0.3, 0.4) is 0 Å². The third-order valence-electron chi connectivity index (χ3n) is 5.29. The van der Waals surface area contributed by atoms with Crippen LogP contribution < -0.4 is 5.32 Å². The van der Waals surface area contributed by atoms with Crippen LogP contribution in [0.5, 0.6) is 0 Å². The molecule has 0 bridgehead atoms. The van der Waals surface area contributed by atoms with Crippen LogP contribution in [0, 0.1) is 11.3 Å². The average Bonchev–Trinajstić information content (AvgIpc) is 2.92. The summed E-state index contributed by atoms with van der Waals surface area (Å²) < 4.78 is 0. The van der Waals surface area contributed by atoms with Crippen molar-refractivity contribution in [3.05, 3.63) is 0 Å². The molecule has 0 heterocycles. The van der Waals surface area contributed by atoms with Crippen molar-refractivity contribution in [1.82, 2.24) is 5.32 Å². The van der Waals surface area contributed by atoms with E-state index in [1.165, 1.54) is 25.7 Å². The van der Waals surface area contributed by atoms with Crippen molar-refractivity contribution in [1.29, 1.82) is 0 Å². The van der Waals surface area contributed by atoms with Crippen LogP contribution in [0.2, 0.25) is 0 Å². The number of aliphatic carboxylic acids is 1. The molecule has 0 spiro atoms. The molecule has 4 heteroatoms. The monoisotopic (exact) mass is 281 g/mol. The zero-order valence-corrected chi connectivity index (χ0v) is 12.5. The van der Waals surface area contributed by atoms with E-state index in [0.717, 1.165) is 25.7 Å². The Kier molecular flexibility index (Phi) is 5.06. The molecule has 0 saturated heterocycles. The summed E-state index contributed by atoms with van der Waals surface area (Å²) in [5.41, 5.74) is -0.790. The van der Waals surface area contributed by atoms with Gasteiger partial charge in [0.25, 0.3) is 0 Å². The van der Waals surface area contributed by atoms with Gasteiger partial charge in [-0.2, -0.15) is 0 Å². The third-order valence-corrected chi connectivity index (χ3v) is 5.29. The summed E-state index contributed by atoms with van der Waals surface area (Å²) in [5.74, 6) is -0.0347. The highest BCUT2D eigenvalue weighted by atomic mass is 16.4. The minimum absolute atomic E-state index is 0.0382. The van der Waals surface area contributed by atoms with Crippen LogP contribution in [0.1, 0.15) is 71.1 Å². The molecule has 2 atom stereocenters. The van der Waals surface area contributed by atoms with Crippen LogP contribution in [0.25, 0.3) is 0 Å². The molecule has 4 nitrogen and oxygen atoms in total. The first-order chi connectivity index (χ1) is 9.52. The van der Waals surface area contributed by atoms with Crippen molar-refractivity contribution in [3.8, 4) is 0 Å². The number of carbonyl (C=O) groups is 2. The van der Waals surface area contributed by atoms with Crippen molar-refractivity contribution in [2.75, 3.05) is 0 Å². The Labute approximate surface area is 121 Å². The van der Waals surface area contributed by atoms with Gasteiger partial charge >= 0.3 is 5.97 Å². The largest absolute Gasteiger partial charge is 0.481 e. The van der Waals surface area contributed by atoms with Gasteiger partial charge in [0, 0.05) is 12.5 Å². The number of amides is 1. The Hall–Kier alpha value is -1.06. The second-order valence-electron chi connectivity index (χ2n) is 6.78. The summed E-state index contributed by atoms with van der Waals surface area (Å²) in [6.07, 6.45) is 10.0. The average molecular weight is 281 g/mol. The topological polar surface area (TPSA) is 66.4 Å². The van der Waals surface area contributed by atoms with Gasteiger partial charge in [-0.25, -0.2) is 0 Å². The molecule has 0 aliphatic heterocycles. The lowest BCUT2D eigenvalue weighted by molar-refractivity contribution is -0.152. The number of carboxylic acid groups (broad SMARTS) is 1. The molecular weight excluding hydrogens is 254 g/mol. The lowest BCUT2D eigenvalue weighted by Gasteiger charge is -2.38. The van der Waals surface area contributed by atoms with Gasteiger partial charge in [0.05, 0.1) is 5.41 Å². The zero-order valence-electron chi connectivity index (χ0n) is 12.5. The normalized spacial score (nSPS) is 31.1. The second-order valence-corrected chi connectivity index (χ2v) is 6.78. The summed E-state index contributed by atoms with van der Waals surface area (Å²) in [6.45, 7) is 1.77. The lowest BCUT2D eigenvalue weighted by Crippen LogP contribution is -2.52. The van der Waals surface area contributed by atoms with Crippen molar-refractivity contribution in [2.24, 2.45) is 11.3 Å². The minimum atomic E-state index is -0.790. The predicted octanol–water partition coefficient (Wildman–Crippen LogP) is 3.11. The molecule has 2 aliphatic carbocycles. The van der Waals surface area contributed by atoms with Crippen molar-refractivity contribution in [2.45, 2.75) is 77.2 Å². The lowest BCUT2D eigenvalue weighted by atomic mass is 9.71. The Balaban J connectivity index is 1.83. The van der Waals surface area contributed by atoms with Gasteiger partial charge in [0.15, 0.2) is 0 Å². The first-order valence-electron chi connectivity index (χ1n) is 8.05. The van der Waals surface area contributed by atoms with Crippen LogP contribution in [-0.2, 0) is 9.59 Å². The fourth-order valence-corrected chi connectivity index (χ4v) is 3.72. The summed E-state index contributed by atoms with van der Waals surface area (Å²) in [5, 5.41) is 12.4. The third kappa shape index (κ3) is 3.53. The molecule has 2 fully saturated rings. The van der Waals surface area contributed by atoms with E-state index in [1.54, 1.807) is 6.92 Å². The highest BCUT2D eigenvalue weighted by Gasteiger charge is 2.43. The van der Waals surface area contributed by atoms with E-state index in [4.69, 9.17) is 0 Å². The Bertz CT molecular complexity index is 363.